The molecule has 5 heterocycles. The fourth-order valence-electron chi connectivity index (χ4n) is 11.3. The molecule has 0 saturated heterocycles. The number of hydrogen-bond donors (Lipinski definition) is 0. The Morgan fingerprint density at radius 3 is 0.910 bits per heavy atom. The molecular weight excluding hydrogens is 817 g/mol. The summed E-state index contributed by atoms with van der Waals surface area (Å²) >= 11 is 0. The molecule has 9 aromatic carbocycles. The van der Waals surface area contributed by atoms with Crippen LogP contribution < -0.4 is 0 Å². The summed E-state index contributed by atoms with van der Waals surface area (Å²) in [6.45, 7) is 2.05. The van der Waals surface area contributed by atoms with Crippen LogP contribution in [-0.4, -0.2) is 23.3 Å². The quantitative estimate of drug-likeness (QED) is 0.173. The predicted octanol–water partition coefficient (Wildman–Crippen LogP) is 15.3. The van der Waals surface area contributed by atoms with Gasteiger partial charge in [-0.3, -0.25) is 4.98 Å². The van der Waals surface area contributed by atoms with Crippen LogP contribution in [0, 0.1) is 18.3 Å². The van der Waals surface area contributed by atoms with E-state index in [-0.39, 0.29) is 0 Å². The molecule has 6 heteroatoms. The highest BCUT2D eigenvalue weighted by Gasteiger charge is 2.35. The number of nitriles is 1. The van der Waals surface area contributed by atoms with Gasteiger partial charge in [0.1, 0.15) is 11.6 Å². The lowest BCUT2D eigenvalue weighted by molar-refractivity contribution is 1.03. The van der Waals surface area contributed by atoms with Gasteiger partial charge in [0, 0.05) is 48.8 Å². The maximum absolute atomic E-state index is 12.5. The van der Waals surface area contributed by atoms with Crippen LogP contribution in [0.5, 0.6) is 0 Å². The summed E-state index contributed by atoms with van der Waals surface area (Å²) in [7, 11) is 0. The summed E-state index contributed by atoms with van der Waals surface area (Å²) in [6.07, 6.45) is 0. The van der Waals surface area contributed by atoms with Gasteiger partial charge >= 0.3 is 0 Å². The van der Waals surface area contributed by atoms with E-state index in [0.717, 1.165) is 127 Å². The predicted molar refractivity (Wildman–Crippen MR) is 276 cm³/mol. The van der Waals surface area contributed by atoms with E-state index in [4.69, 9.17) is 4.98 Å². The zero-order valence-electron chi connectivity index (χ0n) is 36.4. The lowest BCUT2D eigenvalue weighted by Crippen LogP contribution is -2.16. The monoisotopic (exact) mass is 854 g/mol. The van der Waals surface area contributed by atoms with Gasteiger partial charge in [0.15, 0.2) is 0 Å². The number of hydrogen-bond acceptors (Lipinski definition) is 2. The highest BCUT2D eigenvalue weighted by Crippen LogP contribution is 2.51. The third-order valence-electron chi connectivity index (χ3n) is 13.9. The number of benzene rings is 9. The Kier molecular flexibility index (Phi) is 7.87. The number of fused-ring (bicyclic) bond motifs is 12. The summed E-state index contributed by atoms with van der Waals surface area (Å²) in [4.78, 5) is 5.47. The molecule has 0 radical (unpaired) electrons. The molecule has 0 spiro atoms. The molecule has 0 aliphatic heterocycles. The van der Waals surface area contributed by atoms with Crippen LogP contribution in [0.3, 0.4) is 0 Å². The number of rotatable bonds is 5. The first-order valence-electron chi connectivity index (χ1n) is 22.7. The molecule has 0 bridgehead atoms. The van der Waals surface area contributed by atoms with Gasteiger partial charge in [-0.2, -0.15) is 5.26 Å². The minimum atomic E-state index is 0.526. The second-order valence-corrected chi connectivity index (χ2v) is 17.4. The van der Waals surface area contributed by atoms with Crippen molar-refractivity contribution < 1.29 is 0 Å². The molecule has 6 nitrogen and oxygen atoms in total. The van der Waals surface area contributed by atoms with Crippen LogP contribution in [0.2, 0.25) is 0 Å². The van der Waals surface area contributed by atoms with E-state index >= 15 is 0 Å². The van der Waals surface area contributed by atoms with Gasteiger partial charge in [-0.05, 0) is 67.6 Å². The van der Waals surface area contributed by atoms with Crippen molar-refractivity contribution in [3.63, 3.8) is 0 Å². The topological polar surface area (TPSA) is 56.4 Å². The van der Waals surface area contributed by atoms with E-state index in [1.807, 2.05) is 0 Å². The first-order valence-corrected chi connectivity index (χ1v) is 22.7. The summed E-state index contributed by atoms with van der Waals surface area (Å²) < 4.78 is 9.59. The smallest absolute Gasteiger partial charge is 0.104 e. The third kappa shape index (κ3) is 5.11. The molecule has 0 amide bonds. The SMILES string of the molecule is Cc1cccc(-c2c(-n3c4ccccc4c4ccccc43)c(C#N)c(-n3c4ccccc4c4ccccc43)c(-n3c4ccccc4c4ccccc43)c2-n2c3ccccc3c3ccccc32)n1. The Morgan fingerprint density at radius 2 is 0.597 bits per heavy atom. The van der Waals surface area contributed by atoms with Gasteiger partial charge in [-0.15, -0.1) is 0 Å². The third-order valence-corrected chi connectivity index (χ3v) is 13.9. The molecule has 0 atom stereocenters. The van der Waals surface area contributed by atoms with E-state index in [1.165, 1.54) is 0 Å². The highest BCUT2D eigenvalue weighted by molar-refractivity contribution is 6.17. The van der Waals surface area contributed by atoms with Crippen LogP contribution in [-0.2, 0) is 0 Å². The lowest BCUT2D eigenvalue weighted by Gasteiger charge is -2.29. The zero-order chi connectivity index (χ0) is 44.3. The van der Waals surface area contributed by atoms with Crippen molar-refractivity contribution in [3.05, 3.63) is 224 Å². The molecule has 14 aromatic rings. The summed E-state index contributed by atoms with van der Waals surface area (Å²) in [5.41, 5.74) is 14.5. The fraction of sp³-hybridized carbons (Fsp3) is 0.0164. The molecule has 5 aromatic heterocycles. The molecule has 0 aliphatic carbocycles. The first-order chi connectivity index (χ1) is 33.2. The van der Waals surface area contributed by atoms with E-state index in [0.29, 0.717) is 5.56 Å². The van der Waals surface area contributed by atoms with E-state index < -0.39 is 0 Å². The molecule has 0 fully saturated rings. The molecule has 0 saturated carbocycles. The summed E-state index contributed by atoms with van der Waals surface area (Å²) in [5.74, 6) is 0. The van der Waals surface area contributed by atoms with Gasteiger partial charge in [-0.1, -0.05) is 152 Å². The molecule has 67 heavy (non-hydrogen) atoms. The second kappa shape index (κ2) is 14.2. The van der Waals surface area contributed by atoms with Gasteiger partial charge in [0.2, 0.25) is 0 Å². The van der Waals surface area contributed by atoms with Crippen LogP contribution in [0.4, 0.5) is 0 Å². The van der Waals surface area contributed by atoms with E-state index in [9.17, 15) is 5.26 Å². The molecule has 0 unspecified atom stereocenters. The van der Waals surface area contributed by atoms with Crippen molar-refractivity contribution in [1.82, 2.24) is 23.3 Å². The Labute approximate surface area is 384 Å². The molecule has 0 aliphatic rings. The minimum Gasteiger partial charge on any atom is -0.307 e. The molecule has 312 valence electrons. The Morgan fingerprint density at radius 1 is 0.313 bits per heavy atom. The average Bonchev–Trinajstić information content (AvgIpc) is 4.11. The van der Waals surface area contributed by atoms with Crippen LogP contribution in [0.15, 0.2) is 212 Å². The van der Waals surface area contributed by atoms with E-state index in [2.05, 4.69) is 244 Å². The highest BCUT2D eigenvalue weighted by atomic mass is 15.1. The minimum absolute atomic E-state index is 0.526. The van der Waals surface area contributed by atoms with Gasteiger partial charge in [0.25, 0.3) is 0 Å². The number of aromatic nitrogens is 5. The van der Waals surface area contributed by atoms with Crippen LogP contribution in [0.1, 0.15) is 11.3 Å². The van der Waals surface area contributed by atoms with Crippen LogP contribution >= 0.6 is 0 Å². The maximum atomic E-state index is 12.5. The summed E-state index contributed by atoms with van der Waals surface area (Å²) in [5, 5.41) is 21.5. The Bertz CT molecular complexity index is 4220. The number of nitrogens with zero attached hydrogens (tertiary/aromatic N) is 6. The molecular formula is C61H38N6. The fourth-order valence-corrected chi connectivity index (χ4v) is 11.3. The molecule has 14 rings (SSSR count). The van der Waals surface area contributed by atoms with Gasteiger partial charge in [0.05, 0.1) is 78.1 Å². The van der Waals surface area contributed by atoms with Crippen molar-refractivity contribution >= 4 is 87.2 Å². The van der Waals surface area contributed by atoms with Crippen molar-refractivity contribution in [2.24, 2.45) is 0 Å². The zero-order valence-corrected chi connectivity index (χ0v) is 36.4. The van der Waals surface area contributed by atoms with Gasteiger partial charge < -0.3 is 18.3 Å². The van der Waals surface area contributed by atoms with Crippen molar-refractivity contribution in [2.75, 3.05) is 0 Å². The second-order valence-electron chi connectivity index (χ2n) is 17.4. The van der Waals surface area contributed by atoms with Crippen LogP contribution in [0.25, 0.3) is 121 Å². The number of para-hydroxylation sites is 8. The lowest BCUT2D eigenvalue weighted by atomic mass is 9.95. The Balaban J connectivity index is 1.38. The summed E-state index contributed by atoms with van der Waals surface area (Å²) in [6, 6.07) is 78.4. The number of pyridine rings is 1. The van der Waals surface area contributed by atoms with Crippen molar-refractivity contribution in [1.29, 1.82) is 5.26 Å². The molecule has 0 N–H and O–H groups in total. The standard InChI is InChI=1S/C61H38N6/c1-38-19-18-28-48(63-38)57-58(64-49-29-10-2-20-39(49)40-21-3-11-30-50(40)64)47(37-62)59(65-51-31-12-4-22-41(51)42-23-5-13-32-52(42)65)61(67-55-35-16-8-26-45(55)46-27-9-17-36-56(46)67)60(57)66-53-33-14-6-24-43(53)44-25-7-15-34-54(44)66/h2-36H,1H3. The van der Waals surface area contributed by atoms with Crippen molar-refractivity contribution in [2.45, 2.75) is 6.92 Å². The maximum Gasteiger partial charge on any atom is 0.104 e. The van der Waals surface area contributed by atoms with E-state index in [1.54, 1.807) is 0 Å². The van der Waals surface area contributed by atoms with Crippen molar-refractivity contribution in [3.8, 4) is 40.1 Å². The first kappa shape index (κ1) is 37.2. The largest absolute Gasteiger partial charge is 0.307 e. The number of aryl methyl sites for hydroxylation is 1. The Hall–Kier alpha value is -9.18. The normalized spacial score (nSPS) is 11.9. The average molecular weight is 855 g/mol. The van der Waals surface area contributed by atoms with Gasteiger partial charge in [-0.25, -0.2) is 0 Å².